The Labute approximate surface area is 117 Å². The molecule has 7 heteroatoms. The van der Waals surface area contributed by atoms with E-state index in [0.717, 1.165) is 0 Å². The smallest absolute Gasteiger partial charge is 0.371 e. The van der Waals surface area contributed by atoms with Gasteiger partial charge in [-0.3, -0.25) is 0 Å². The topological polar surface area (TPSA) is 92.0 Å². The molecule has 7 nitrogen and oxygen atoms in total. The standard InChI is InChI=1S/C13H20N2O5/c1-9(2)15(6-7-19-3)13(18)14-8-10-4-5-11(20-10)12(16)17/h4-5,9H,6-8H2,1-3H3,(H,14,18)(H,16,17). The number of ether oxygens (including phenoxy) is 1. The van der Waals surface area contributed by atoms with Crippen LogP contribution in [0.3, 0.4) is 0 Å². The Morgan fingerprint density at radius 1 is 1.45 bits per heavy atom. The lowest BCUT2D eigenvalue weighted by Gasteiger charge is -2.26. The van der Waals surface area contributed by atoms with Crippen molar-refractivity contribution in [3.63, 3.8) is 0 Å². The zero-order chi connectivity index (χ0) is 15.1. The van der Waals surface area contributed by atoms with Gasteiger partial charge in [0.2, 0.25) is 5.76 Å². The normalized spacial score (nSPS) is 10.6. The minimum atomic E-state index is -1.13. The van der Waals surface area contributed by atoms with Crippen LogP contribution in [0.15, 0.2) is 16.5 Å². The van der Waals surface area contributed by atoms with Crippen molar-refractivity contribution in [2.24, 2.45) is 0 Å². The van der Waals surface area contributed by atoms with Gasteiger partial charge in [0.05, 0.1) is 13.2 Å². The van der Waals surface area contributed by atoms with Crippen molar-refractivity contribution in [3.05, 3.63) is 23.7 Å². The fourth-order valence-corrected chi connectivity index (χ4v) is 1.64. The Balaban J connectivity index is 2.53. The average molecular weight is 284 g/mol. The molecule has 0 radical (unpaired) electrons. The van der Waals surface area contributed by atoms with Crippen LogP contribution in [0, 0.1) is 0 Å². The fraction of sp³-hybridized carbons (Fsp3) is 0.538. The molecule has 0 bridgehead atoms. The molecule has 0 aliphatic carbocycles. The Hall–Kier alpha value is -2.02. The molecule has 0 aliphatic heterocycles. The highest BCUT2D eigenvalue weighted by molar-refractivity contribution is 5.84. The predicted octanol–water partition coefficient (Wildman–Crippen LogP) is 1.54. The zero-order valence-corrected chi connectivity index (χ0v) is 11.9. The second kappa shape index (κ2) is 7.54. The molecule has 20 heavy (non-hydrogen) atoms. The van der Waals surface area contributed by atoms with Gasteiger partial charge in [-0.1, -0.05) is 0 Å². The lowest BCUT2D eigenvalue weighted by atomic mass is 10.3. The third-order valence-electron chi connectivity index (χ3n) is 2.71. The lowest BCUT2D eigenvalue weighted by Crippen LogP contribution is -2.45. The first kappa shape index (κ1) is 16.0. The van der Waals surface area contributed by atoms with Crippen LogP contribution in [0.2, 0.25) is 0 Å². The number of nitrogens with one attached hydrogen (secondary N) is 1. The summed E-state index contributed by atoms with van der Waals surface area (Å²) in [6.45, 7) is 4.89. The monoisotopic (exact) mass is 284 g/mol. The first-order chi connectivity index (χ1) is 9.45. The number of rotatable bonds is 7. The first-order valence-electron chi connectivity index (χ1n) is 6.31. The highest BCUT2D eigenvalue weighted by Gasteiger charge is 2.17. The maximum atomic E-state index is 12.0. The minimum absolute atomic E-state index is 0.0383. The van der Waals surface area contributed by atoms with Gasteiger partial charge >= 0.3 is 12.0 Å². The van der Waals surface area contributed by atoms with Gasteiger partial charge < -0.3 is 24.5 Å². The van der Waals surface area contributed by atoms with Crippen LogP contribution in [-0.2, 0) is 11.3 Å². The fourth-order valence-electron chi connectivity index (χ4n) is 1.64. The van der Waals surface area contributed by atoms with Crippen molar-refractivity contribution in [3.8, 4) is 0 Å². The highest BCUT2D eigenvalue weighted by Crippen LogP contribution is 2.08. The number of methoxy groups -OCH3 is 1. The molecule has 0 saturated carbocycles. The highest BCUT2D eigenvalue weighted by atomic mass is 16.5. The summed E-state index contributed by atoms with van der Waals surface area (Å²) in [4.78, 5) is 24.3. The molecule has 1 heterocycles. The second-order valence-corrected chi connectivity index (χ2v) is 4.51. The number of amides is 2. The maximum absolute atomic E-state index is 12.0. The molecule has 2 N–H and O–H groups in total. The number of carboxylic acids is 1. The van der Waals surface area contributed by atoms with Crippen LogP contribution in [-0.4, -0.2) is 48.3 Å². The average Bonchev–Trinajstić information content (AvgIpc) is 2.85. The number of carbonyl (C=O) groups excluding carboxylic acids is 1. The Morgan fingerprint density at radius 3 is 2.65 bits per heavy atom. The van der Waals surface area contributed by atoms with Crippen molar-refractivity contribution in [1.29, 1.82) is 0 Å². The summed E-state index contributed by atoms with van der Waals surface area (Å²) in [6.07, 6.45) is 0. The van der Waals surface area contributed by atoms with E-state index in [9.17, 15) is 9.59 Å². The van der Waals surface area contributed by atoms with Crippen LogP contribution < -0.4 is 5.32 Å². The molecule has 0 unspecified atom stereocenters. The summed E-state index contributed by atoms with van der Waals surface area (Å²) < 4.78 is 10.0. The van der Waals surface area contributed by atoms with Gasteiger partial charge in [-0.2, -0.15) is 0 Å². The van der Waals surface area contributed by atoms with Crippen molar-refractivity contribution >= 4 is 12.0 Å². The molecule has 0 aromatic carbocycles. The van der Waals surface area contributed by atoms with E-state index in [-0.39, 0.29) is 24.4 Å². The summed E-state index contributed by atoms with van der Waals surface area (Å²) in [7, 11) is 1.58. The maximum Gasteiger partial charge on any atom is 0.371 e. The van der Waals surface area contributed by atoms with E-state index in [1.165, 1.54) is 12.1 Å². The Bertz CT molecular complexity index is 455. The number of carbonyl (C=O) groups is 2. The van der Waals surface area contributed by atoms with Crippen LogP contribution in [0.4, 0.5) is 4.79 Å². The SMILES string of the molecule is COCCN(C(=O)NCc1ccc(C(=O)O)o1)C(C)C. The van der Waals surface area contributed by atoms with Crippen molar-refractivity contribution < 1.29 is 23.8 Å². The van der Waals surface area contributed by atoms with Gasteiger partial charge in [0, 0.05) is 19.7 Å². The van der Waals surface area contributed by atoms with E-state index < -0.39 is 5.97 Å². The third-order valence-corrected chi connectivity index (χ3v) is 2.71. The molecular formula is C13H20N2O5. The number of aromatic carboxylic acids is 1. The third kappa shape index (κ3) is 4.58. The van der Waals surface area contributed by atoms with E-state index in [1.807, 2.05) is 13.8 Å². The van der Waals surface area contributed by atoms with Crippen LogP contribution in [0.5, 0.6) is 0 Å². The summed E-state index contributed by atoms with van der Waals surface area (Å²) in [6, 6.07) is 2.68. The molecule has 1 aromatic rings. The number of urea groups is 1. The Kier molecular flexibility index (Phi) is 6.05. The van der Waals surface area contributed by atoms with Gasteiger partial charge in [0.15, 0.2) is 0 Å². The summed E-state index contributed by atoms with van der Waals surface area (Å²) in [5.41, 5.74) is 0. The molecule has 1 aromatic heterocycles. The van der Waals surface area contributed by atoms with Crippen molar-refractivity contribution in [2.45, 2.75) is 26.4 Å². The molecule has 0 spiro atoms. The van der Waals surface area contributed by atoms with Crippen LogP contribution >= 0.6 is 0 Å². The van der Waals surface area contributed by atoms with Gasteiger partial charge in [-0.25, -0.2) is 9.59 Å². The number of hydrogen-bond acceptors (Lipinski definition) is 4. The summed E-state index contributed by atoms with van der Waals surface area (Å²) >= 11 is 0. The molecule has 0 atom stereocenters. The predicted molar refractivity (Wildman–Crippen MR) is 71.6 cm³/mol. The molecule has 1 rings (SSSR count). The number of furan rings is 1. The van der Waals surface area contributed by atoms with Crippen molar-refractivity contribution in [1.82, 2.24) is 10.2 Å². The van der Waals surface area contributed by atoms with Gasteiger partial charge in [-0.15, -0.1) is 0 Å². The minimum Gasteiger partial charge on any atom is -0.475 e. The lowest BCUT2D eigenvalue weighted by molar-refractivity contribution is 0.0660. The van der Waals surface area contributed by atoms with E-state index in [2.05, 4.69) is 5.32 Å². The molecule has 112 valence electrons. The zero-order valence-electron chi connectivity index (χ0n) is 11.9. The number of carboxylic acid groups (broad SMARTS) is 1. The van der Waals surface area contributed by atoms with E-state index in [1.54, 1.807) is 12.0 Å². The van der Waals surface area contributed by atoms with Gasteiger partial charge in [0.1, 0.15) is 5.76 Å². The van der Waals surface area contributed by atoms with Gasteiger partial charge in [0.25, 0.3) is 0 Å². The molecule has 0 fully saturated rings. The number of hydrogen-bond donors (Lipinski definition) is 2. The molecule has 2 amide bonds. The summed E-state index contributed by atoms with van der Waals surface area (Å²) in [5.74, 6) is -0.882. The summed E-state index contributed by atoms with van der Waals surface area (Å²) in [5, 5.41) is 11.4. The molecular weight excluding hydrogens is 264 g/mol. The first-order valence-corrected chi connectivity index (χ1v) is 6.31. The van der Waals surface area contributed by atoms with Crippen LogP contribution in [0.1, 0.15) is 30.2 Å². The second-order valence-electron chi connectivity index (χ2n) is 4.51. The Morgan fingerprint density at radius 2 is 2.15 bits per heavy atom. The molecule has 0 saturated heterocycles. The molecule has 0 aliphatic rings. The largest absolute Gasteiger partial charge is 0.475 e. The van der Waals surface area contributed by atoms with Crippen molar-refractivity contribution in [2.75, 3.05) is 20.3 Å². The number of nitrogens with zero attached hydrogens (tertiary/aromatic N) is 1. The van der Waals surface area contributed by atoms with E-state index in [0.29, 0.717) is 18.9 Å². The van der Waals surface area contributed by atoms with Gasteiger partial charge in [-0.05, 0) is 26.0 Å². The van der Waals surface area contributed by atoms with E-state index in [4.69, 9.17) is 14.3 Å². The van der Waals surface area contributed by atoms with Crippen LogP contribution in [0.25, 0.3) is 0 Å². The van der Waals surface area contributed by atoms with E-state index >= 15 is 0 Å². The quantitative estimate of drug-likeness (QED) is 0.792.